The second-order valence-corrected chi connectivity index (χ2v) is 5.45. The van der Waals surface area contributed by atoms with Crippen molar-refractivity contribution >= 4 is 24.0 Å². The molecule has 0 saturated heterocycles. The Morgan fingerprint density at radius 3 is 2.62 bits per heavy atom. The molecule has 3 N–H and O–H groups in total. The van der Waals surface area contributed by atoms with Crippen LogP contribution in [0.15, 0.2) is 42.5 Å². The van der Waals surface area contributed by atoms with E-state index in [9.17, 15) is 4.79 Å². The fourth-order valence-electron chi connectivity index (χ4n) is 2.50. The van der Waals surface area contributed by atoms with Crippen molar-refractivity contribution < 1.29 is 14.3 Å². The fraction of sp³-hybridized carbons (Fsp3) is 0.278. The summed E-state index contributed by atoms with van der Waals surface area (Å²) < 4.78 is 11.0. The second-order valence-electron chi connectivity index (χ2n) is 5.45. The number of halogens is 1. The van der Waals surface area contributed by atoms with E-state index >= 15 is 0 Å². The standard InChI is InChI=1S/C18H20N2O3.ClH/c19-15-4-2-1-3-14(15)6-8-18(21)20-12-13-5-7-16-17(11-13)23-10-9-22-16;/h1-5,7,11H,6,8-10,12,19H2,(H,20,21);1H. The lowest BCUT2D eigenvalue weighted by molar-refractivity contribution is -0.121. The summed E-state index contributed by atoms with van der Waals surface area (Å²) in [5.74, 6) is 1.49. The van der Waals surface area contributed by atoms with Crippen molar-refractivity contribution in [2.45, 2.75) is 19.4 Å². The minimum Gasteiger partial charge on any atom is -0.486 e. The Bertz CT molecular complexity index is 706. The summed E-state index contributed by atoms with van der Waals surface area (Å²) in [6.45, 7) is 1.60. The number of carbonyl (C=O) groups is 1. The van der Waals surface area contributed by atoms with Crippen LogP contribution in [0.5, 0.6) is 11.5 Å². The third kappa shape index (κ3) is 4.55. The maximum absolute atomic E-state index is 12.0. The van der Waals surface area contributed by atoms with E-state index in [1.165, 1.54) is 0 Å². The van der Waals surface area contributed by atoms with Gasteiger partial charge in [-0.3, -0.25) is 4.79 Å². The fourth-order valence-corrected chi connectivity index (χ4v) is 2.50. The van der Waals surface area contributed by atoms with Gasteiger partial charge >= 0.3 is 0 Å². The number of nitrogens with one attached hydrogen (secondary N) is 1. The monoisotopic (exact) mass is 348 g/mol. The molecule has 0 bridgehead atoms. The van der Waals surface area contributed by atoms with Crippen molar-refractivity contribution in [2.24, 2.45) is 0 Å². The van der Waals surface area contributed by atoms with Crippen molar-refractivity contribution in [3.63, 3.8) is 0 Å². The maximum Gasteiger partial charge on any atom is 0.220 e. The van der Waals surface area contributed by atoms with Gasteiger partial charge in [0.1, 0.15) is 13.2 Å². The summed E-state index contributed by atoms with van der Waals surface area (Å²) in [7, 11) is 0. The van der Waals surface area contributed by atoms with E-state index in [4.69, 9.17) is 15.2 Å². The van der Waals surface area contributed by atoms with Crippen molar-refractivity contribution in [3.05, 3.63) is 53.6 Å². The number of fused-ring (bicyclic) bond motifs is 1. The molecule has 2 aromatic carbocycles. The van der Waals surface area contributed by atoms with Gasteiger partial charge in [-0.1, -0.05) is 24.3 Å². The molecule has 0 unspecified atom stereocenters. The average Bonchev–Trinajstić information content (AvgIpc) is 2.59. The smallest absolute Gasteiger partial charge is 0.220 e. The maximum atomic E-state index is 12.0. The number of carbonyl (C=O) groups excluding carboxylic acids is 1. The third-order valence-corrected chi connectivity index (χ3v) is 3.77. The number of aryl methyl sites for hydroxylation is 1. The molecule has 0 atom stereocenters. The minimum atomic E-state index is 0. The molecule has 3 rings (SSSR count). The van der Waals surface area contributed by atoms with E-state index in [0.717, 1.165) is 28.3 Å². The molecule has 0 radical (unpaired) electrons. The Morgan fingerprint density at radius 1 is 1.08 bits per heavy atom. The number of rotatable bonds is 5. The van der Waals surface area contributed by atoms with Gasteiger partial charge < -0.3 is 20.5 Å². The average molecular weight is 349 g/mol. The van der Waals surface area contributed by atoms with E-state index in [-0.39, 0.29) is 18.3 Å². The van der Waals surface area contributed by atoms with Crippen molar-refractivity contribution in [2.75, 3.05) is 18.9 Å². The molecule has 0 saturated carbocycles. The number of hydrogen-bond acceptors (Lipinski definition) is 4. The van der Waals surface area contributed by atoms with Crippen LogP contribution in [-0.2, 0) is 17.8 Å². The largest absolute Gasteiger partial charge is 0.486 e. The molecule has 128 valence electrons. The summed E-state index contributed by atoms with van der Waals surface area (Å²) in [4.78, 5) is 12.0. The molecule has 24 heavy (non-hydrogen) atoms. The number of benzene rings is 2. The van der Waals surface area contributed by atoms with E-state index in [1.807, 2.05) is 42.5 Å². The molecule has 0 spiro atoms. The van der Waals surface area contributed by atoms with Crippen LogP contribution >= 0.6 is 12.4 Å². The van der Waals surface area contributed by atoms with Crippen LogP contribution in [0.1, 0.15) is 17.5 Å². The Hall–Kier alpha value is -2.40. The molecule has 0 aromatic heterocycles. The number of anilines is 1. The van der Waals surface area contributed by atoms with Gasteiger partial charge in [-0.05, 0) is 35.7 Å². The molecular weight excluding hydrogens is 328 g/mol. The highest BCUT2D eigenvalue weighted by Gasteiger charge is 2.12. The molecule has 2 aromatic rings. The lowest BCUT2D eigenvalue weighted by Crippen LogP contribution is -2.23. The first-order valence-corrected chi connectivity index (χ1v) is 7.71. The summed E-state index contributed by atoms with van der Waals surface area (Å²) in [6.07, 6.45) is 1.05. The lowest BCUT2D eigenvalue weighted by Gasteiger charge is -2.19. The SMILES string of the molecule is Cl.Nc1ccccc1CCC(=O)NCc1ccc2c(c1)OCCO2. The molecule has 1 heterocycles. The summed E-state index contributed by atoms with van der Waals surface area (Å²) in [5.41, 5.74) is 8.60. The van der Waals surface area contributed by atoms with Crippen LogP contribution in [0.2, 0.25) is 0 Å². The molecule has 6 heteroatoms. The van der Waals surface area contributed by atoms with E-state index in [2.05, 4.69) is 5.32 Å². The number of hydrogen-bond donors (Lipinski definition) is 2. The van der Waals surface area contributed by atoms with Crippen molar-refractivity contribution in [1.29, 1.82) is 0 Å². The Kier molecular flexibility index (Phi) is 6.32. The molecule has 1 aliphatic rings. The first kappa shape index (κ1) is 17.9. The highest BCUT2D eigenvalue weighted by atomic mass is 35.5. The van der Waals surface area contributed by atoms with Gasteiger partial charge in [-0.2, -0.15) is 0 Å². The Morgan fingerprint density at radius 2 is 1.83 bits per heavy atom. The summed E-state index contributed by atoms with van der Waals surface area (Å²) >= 11 is 0. The van der Waals surface area contributed by atoms with E-state index in [1.54, 1.807) is 0 Å². The summed E-state index contributed by atoms with van der Waals surface area (Å²) in [6, 6.07) is 13.3. The topological polar surface area (TPSA) is 73.6 Å². The van der Waals surface area contributed by atoms with Gasteiger partial charge in [0.2, 0.25) is 5.91 Å². The predicted octanol–water partition coefficient (Wildman–Crippen LogP) is 2.71. The summed E-state index contributed by atoms with van der Waals surface area (Å²) in [5, 5.41) is 2.92. The third-order valence-electron chi connectivity index (χ3n) is 3.77. The quantitative estimate of drug-likeness (QED) is 0.815. The van der Waals surface area contributed by atoms with Crippen molar-refractivity contribution in [3.8, 4) is 11.5 Å². The van der Waals surface area contributed by atoms with Gasteiger partial charge in [0.25, 0.3) is 0 Å². The predicted molar refractivity (Wildman–Crippen MR) is 95.7 cm³/mol. The Labute approximate surface area is 147 Å². The van der Waals surface area contributed by atoms with Gasteiger partial charge in [0, 0.05) is 18.7 Å². The zero-order valence-electron chi connectivity index (χ0n) is 13.3. The molecular formula is C18H21ClN2O3. The number of ether oxygens (including phenoxy) is 2. The minimum absolute atomic E-state index is 0. The van der Waals surface area contributed by atoms with Crippen LogP contribution in [0.25, 0.3) is 0 Å². The van der Waals surface area contributed by atoms with E-state index in [0.29, 0.717) is 32.6 Å². The lowest BCUT2D eigenvalue weighted by atomic mass is 10.1. The molecule has 0 fully saturated rings. The normalized spacial score (nSPS) is 12.2. The zero-order valence-corrected chi connectivity index (χ0v) is 14.1. The first-order chi connectivity index (χ1) is 11.2. The first-order valence-electron chi connectivity index (χ1n) is 7.71. The molecule has 1 aliphatic heterocycles. The number of nitrogens with two attached hydrogens (primary N) is 1. The number of para-hydroxylation sites is 1. The number of amides is 1. The zero-order chi connectivity index (χ0) is 16.1. The second kappa shape index (κ2) is 8.45. The van der Waals surface area contributed by atoms with E-state index < -0.39 is 0 Å². The molecule has 5 nitrogen and oxygen atoms in total. The molecule has 0 aliphatic carbocycles. The van der Waals surface area contributed by atoms with Crippen LogP contribution in [0.3, 0.4) is 0 Å². The van der Waals surface area contributed by atoms with Gasteiger partial charge in [-0.25, -0.2) is 0 Å². The van der Waals surface area contributed by atoms with Crippen LogP contribution in [0, 0.1) is 0 Å². The number of nitrogen functional groups attached to an aromatic ring is 1. The van der Waals surface area contributed by atoms with Crippen LogP contribution < -0.4 is 20.5 Å². The highest BCUT2D eigenvalue weighted by molar-refractivity contribution is 5.85. The van der Waals surface area contributed by atoms with Crippen LogP contribution in [-0.4, -0.2) is 19.1 Å². The van der Waals surface area contributed by atoms with Gasteiger partial charge in [0.15, 0.2) is 11.5 Å². The van der Waals surface area contributed by atoms with Crippen LogP contribution in [0.4, 0.5) is 5.69 Å². The van der Waals surface area contributed by atoms with Crippen molar-refractivity contribution in [1.82, 2.24) is 5.32 Å². The van der Waals surface area contributed by atoms with Gasteiger partial charge in [-0.15, -0.1) is 12.4 Å². The Balaban J connectivity index is 0.00000208. The van der Waals surface area contributed by atoms with Gasteiger partial charge in [0.05, 0.1) is 0 Å². The molecule has 1 amide bonds. The highest BCUT2D eigenvalue weighted by Crippen LogP contribution is 2.30.